The summed E-state index contributed by atoms with van der Waals surface area (Å²) in [6.45, 7) is 0. The van der Waals surface area contributed by atoms with Crippen molar-refractivity contribution in [2.75, 3.05) is 5.73 Å². The Balaban J connectivity index is 2.14. The SMILES string of the molecule is Nc1ccc(C(=O)/C=C/c2cccc(Cl)c2)cc1. The lowest BCUT2D eigenvalue weighted by Crippen LogP contribution is -1.94. The van der Waals surface area contributed by atoms with Crippen LogP contribution in [0.25, 0.3) is 6.08 Å². The Morgan fingerprint density at radius 2 is 1.83 bits per heavy atom. The number of carbonyl (C=O) groups is 1. The summed E-state index contributed by atoms with van der Waals surface area (Å²) in [7, 11) is 0. The Morgan fingerprint density at radius 3 is 2.50 bits per heavy atom. The van der Waals surface area contributed by atoms with E-state index in [1.165, 1.54) is 6.08 Å². The molecule has 0 bridgehead atoms. The molecule has 2 nitrogen and oxygen atoms in total. The highest BCUT2D eigenvalue weighted by atomic mass is 35.5. The van der Waals surface area contributed by atoms with Gasteiger partial charge in [0.2, 0.25) is 0 Å². The first-order valence-corrected chi connectivity index (χ1v) is 5.86. The van der Waals surface area contributed by atoms with E-state index in [1.54, 1.807) is 42.5 Å². The molecular weight excluding hydrogens is 246 g/mol. The number of hydrogen-bond acceptors (Lipinski definition) is 2. The molecule has 0 aliphatic heterocycles. The van der Waals surface area contributed by atoms with E-state index in [0.717, 1.165) is 5.56 Å². The summed E-state index contributed by atoms with van der Waals surface area (Å²) in [6.07, 6.45) is 3.27. The van der Waals surface area contributed by atoms with Gasteiger partial charge in [-0.15, -0.1) is 0 Å². The minimum absolute atomic E-state index is 0.0602. The first-order chi connectivity index (χ1) is 8.65. The van der Waals surface area contributed by atoms with Crippen LogP contribution >= 0.6 is 11.6 Å². The maximum atomic E-state index is 11.9. The maximum Gasteiger partial charge on any atom is 0.185 e. The molecule has 2 N–H and O–H groups in total. The highest BCUT2D eigenvalue weighted by Gasteiger charge is 2.00. The molecule has 0 unspecified atom stereocenters. The van der Waals surface area contributed by atoms with Gasteiger partial charge in [-0.2, -0.15) is 0 Å². The van der Waals surface area contributed by atoms with Gasteiger partial charge >= 0.3 is 0 Å². The Bertz CT molecular complexity index is 588. The van der Waals surface area contributed by atoms with Crippen molar-refractivity contribution in [2.45, 2.75) is 0 Å². The van der Waals surface area contributed by atoms with Crippen LogP contribution in [0.1, 0.15) is 15.9 Å². The molecular formula is C15H12ClNO. The van der Waals surface area contributed by atoms with E-state index >= 15 is 0 Å². The first kappa shape index (κ1) is 12.4. The second-order valence-corrected chi connectivity index (χ2v) is 4.31. The van der Waals surface area contributed by atoms with Gasteiger partial charge in [-0.25, -0.2) is 0 Å². The zero-order chi connectivity index (χ0) is 13.0. The number of allylic oxidation sites excluding steroid dienone is 1. The number of ketones is 1. The van der Waals surface area contributed by atoms with Crippen LogP contribution in [0.2, 0.25) is 5.02 Å². The van der Waals surface area contributed by atoms with Crippen molar-refractivity contribution in [2.24, 2.45) is 0 Å². The van der Waals surface area contributed by atoms with Crippen LogP contribution < -0.4 is 5.73 Å². The molecule has 0 fully saturated rings. The minimum Gasteiger partial charge on any atom is -0.399 e. The van der Waals surface area contributed by atoms with Gasteiger partial charge in [-0.1, -0.05) is 29.8 Å². The number of benzene rings is 2. The third kappa shape index (κ3) is 3.22. The standard InChI is InChI=1S/C15H12ClNO/c16-13-3-1-2-11(10-13)4-9-15(18)12-5-7-14(17)8-6-12/h1-10H,17H2/b9-4+. The number of hydrogen-bond donors (Lipinski definition) is 1. The van der Waals surface area contributed by atoms with Gasteiger partial charge in [0.15, 0.2) is 5.78 Å². The molecule has 0 saturated carbocycles. The summed E-state index contributed by atoms with van der Waals surface area (Å²) in [6, 6.07) is 14.2. The van der Waals surface area contributed by atoms with Gasteiger partial charge in [0, 0.05) is 16.3 Å². The van der Waals surface area contributed by atoms with Crippen molar-refractivity contribution in [1.29, 1.82) is 0 Å². The lowest BCUT2D eigenvalue weighted by atomic mass is 10.1. The molecule has 0 aliphatic rings. The van der Waals surface area contributed by atoms with Crippen molar-refractivity contribution in [1.82, 2.24) is 0 Å². The molecule has 18 heavy (non-hydrogen) atoms. The van der Waals surface area contributed by atoms with Crippen LogP contribution in [-0.2, 0) is 0 Å². The van der Waals surface area contributed by atoms with Crippen LogP contribution in [0.5, 0.6) is 0 Å². The highest BCUT2D eigenvalue weighted by Crippen LogP contribution is 2.13. The minimum atomic E-state index is -0.0602. The molecule has 0 saturated heterocycles. The fourth-order valence-electron chi connectivity index (χ4n) is 1.53. The molecule has 90 valence electrons. The van der Waals surface area contributed by atoms with Gasteiger partial charge < -0.3 is 5.73 Å². The molecule has 0 heterocycles. The smallest absolute Gasteiger partial charge is 0.185 e. The van der Waals surface area contributed by atoms with E-state index in [-0.39, 0.29) is 5.78 Å². The fraction of sp³-hybridized carbons (Fsp3) is 0. The number of nitrogen functional groups attached to an aromatic ring is 1. The largest absolute Gasteiger partial charge is 0.399 e. The van der Waals surface area contributed by atoms with Gasteiger partial charge in [-0.3, -0.25) is 4.79 Å². The molecule has 0 aromatic heterocycles. The molecule has 0 spiro atoms. The number of nitrogens with two attached hydrogens (primary N) is 1. The summed E-state index contributed by atoms with van der Waals surface area (Å²) in [4.78, 5) is 11.9. The average molecular weight is 258 g/mol. The van der Waals surface area contributed by atoms with E-state index in [1.807, 2.05) is 12.1 Å². The monoisotopic (exact) mass is 257 g/mol. The summed E-state index contributed by atoms with van der Waals surface area (Å²) >= 11 is 5.86. The lowest BCUT2D eigenvalue weighted by molar-refractivity contribution is 0.104. The lowest BCUT2D eigenvalue weighted by Gasteiger charge is -1.97. The molecule has 3 heteroatoms. The Morgan fingerprint density at radius 1 is 1.11 bits per heavy atom. The molecule has 0 amide bonds. The zero-order valence-corrected chi connectivity index (χ0v) is 10.4. The summed E-state index contributed by atoms with van der Waals surface area (Å²) < 4.78 is 0. The van der Waals surface area contributed by atoms with E-state index in [2.05, 4.69) is 0 Å². The van der Waals surface area contributed by atoms with Crippen molar-refractivity contribution < 1.29 is 4.79 Å². The predicted octanol–water partition coefficient (Wildman–Crippen LogP) is 3.82. The van der Waals surface area contributed by atoms with Crippen molar-refractivity contribution in [3.8, 4) is 0 Å². The summed E-state index contributed by atoms with van der Waals surface area (Å²) in [5, 5.41) is 0.650. The maximum absolute atomic E-state index is 11.9. The van der Waals surface area contributed by atoms with E-state index in [9.17, 15) is 4.79 Å². The number of carbonyl (C=O) groups excluding carboxylic acids is 1. The summed E-state index contributed by atoms with van der Waals surface area (Å²) in [5.41, 5.74) is 7.72. The number of halogens is 1. The van der Waals surface area contributed by atoms with Crippen LogP contribution in [0.3, 0.4) is 0 Å². The predicted molar refractivity (Wildman–Crippen MR) is 75.7 cm³/mol. The first-order valence-electron chi connectivity index (χ1n) is 5.49. The van der Waals surface area contributed by atoms with Crippen molar-refractivity contribution >= 4 is 29.1 Å². The highest BCUT2D eigenvalue weighted by molar-refractivity contribution is 6.30. The van der Waals surface area contributed by atoms with Crippen LogP contribution in [0, 0.1) is 0 Å². The zero-order valence-electron chi connectivity index (χ0n) is 9.64. The van der Waals surface area contributed by atoms with E-state index in [0.29, 0.717) is 16.3 Å². The third-order valence-corrected chi connectivity index (χ3v) is 2.71. The quantitative estimate of drug-likeness (QED) is 0.516. The Kier molecular flexibility index (Phi) is 3.80. The van der Waals surface area contributed by atoms with E-state index in [4.69, 9.17) is 17.3 Å². The van der Waals surface area contributed by atoms with Crippen LogP contribution in [-0.4, -0.2) is 5.78 Å². The Hall–Kier alpha value is -2.06. The molecule has 2 rings (SSSR count). The topological polar surface area (TPSA) is 43.1 Å². The number of anilines is 1. The van der Waals surface area contributed by atoms with Gasteiger partial charge in [-0.05, 0) is 48.0 Å². The molecule has 0 atom stereocenters. The second-order valence-electron chi connectivity index (χ2n) is 3.87. The van der Waals surface area contributed by atoms with Gasteiger partial charge in [0.05, 0.1) is 0 Å². The molecule has 0 radical (unpaired) electrons. The molecule has 0 aliphatic carbocycles. The fourth-order valence-corrected chi connectivity index (χ4v) is 1.72. The normalized spacial score (nSPS) is 10.7. The average Bonchev–Trinajstić information content (AvgIpc) is 2.37. The van der Waals surface area contributed by atoms with E-state index < -0.39 is 0 Å². The molecule has 2 aromatic rings. The van der Waals surface area contributed by atoms with Crippen molar-refractivity contribution in [3.63, 3.8) is 0 Å². The van der Waals surface area contributed by atoms with Crippen molar-refractivity contribution in [3.05, 3.63) is 70.8 Å². The van der Waals surface area contributed by atoms with Gasteiger partial charge in [0.25, 0.3) is 0 Å². The van der Waals surface area contributed by atoms with Gasteiger partial charge in [0.1, 0.15) is 0 Å². The second kappa shape index (κ2) is 5.52. The third-order valence-electron chi connectivity index (χ3n) is 2.47. The van der Waals surface area contributed by atoms with Crippen LogP contribution in [0.4, 0.5) is 5.69 Å². The summed E-state index contributed by atoms with van der Waals surface area (Å²) in [5.74, 6) is -0.0602. The number of rotatable bonds is 3. The molecule has 2 aromatic carbocycles. The van der Waals surface area contributed by atoms with Crippen LogP contribution in [0.15, 0.2) is 54.6 Å². The Labute approximate surface area is 111 Å².